The molecule has 1 saturated carbocycles. The number of nitrogens with zero attached hydrogens (tertiary/aromatic N) is 1. The fourth-order valence-corrected chi connectivity index (χ4v) is 4.10. The topological polar surface area (TPSA) is 15.3 Å². The predicted octanol–water partition coefficient (Wildman–Crippen LogP) is 4.44. The van der Waals surface area contributed by atoms with E-state index < -0.39 is 0 Å². The maximum absolute atomic E-state index is 3.60. The Morgan fingerprint density at radius 2 is 2.00 bits per heavy atom. The second kappa shape index (κ2) is 8.30. The van der Waals surface area contributed by atoms with Crippen molar-refractivity contribution in [2.24, 2.45) is 5.41 Å². The SMILES string of the molecule is CCNCC1(CN(C)Cc2cccc(Br)c2)CCCCC1. The molecule has 0 saturated heterocycles. The van der Waals surface area contributed by atoms with E-state index in [4.69, 9.17) is 0 Å². The summed E-state index contributed by atoms with van der Waals surface area (Å²) in [6.45, 7) is 6.70. The van der Waals surface area contributed by atoms with E-state index in [1.165, 1.54) is 55.2 Å². The summed E-state index contributed by atoms with van der Waals surface area (Å²) in [7, 11) is 2.27. The molecule has 0 unspecified atom stereocenters. The molecule has 1 aromatic carbocycles. The minimum atomic E-state index is 0.481. The van der Waals surface area contributed by atoms with Crippen molar-refractivity contribution in [3.63, 3.8) is 0 Å². The van der Waals surface area contributed by atoms with E-state index in [1.54, 1.807) is 0 Å². The molecule has 118 valence electrons. The Balaban J connectivity index is 1.95. The van der Waals surface area contributed by atoms with Crippen molar-refractivity contribution in [3.05, 3.63) is 34.3 Å². The van der Waals surface area contributed by atoms with Crippen LogP contribution in [0.4, 0.5) is 0 Å². The van der Waals surface area contributed by atoms with Gasteiger partial charge in [-0.05, 0) is 49.5 Å². The monoisotopic (exact) mass is 352 g/mol. The van der Waals surface area contributed by atoms with E-state index in [0.717, 1.165) is 13.1 Å². The standard InChI is InChI=1S/C18H29BrN2/c1-3-20-14-18(10-5-4-6-11-18)15-21(2)13-16-8-7-9-17(19)12-16/h7-9,12,20H,3-6,10-11,13-15H2,1-2H3. The quantitative estimate of drug-likeness (QED) is 0.780. The Labute approximate surface area is 138 Å². The molecule has 0 aromatic heterocycles. The zero-order valence-corrected chi connectivity index (χ0v) is 15.1. The first kappa shape index (κ1) is 17.0. The number of halogens is 1. The molecule has 0 heterocycles. The Morgan fingerprint density at radius 1 is 1.24 bits per heavy atom. The average molecular weight is 353 g/mol. The van der Waals surface area contributed by atoms with Gasteiger partial charge in [0.05, 0.1) is 0 Å². The Kier molecular flexibility index (Phi) is 6.72. The second-order valence-corrected chi connectivity index (χ2v) is 7.56. The van der Waals surface area contributed by atoms with E-state index >= 15 is 0 Å². The van der Waals surface area contributed by atoms with Gasteiger partial charge in [-0.3, -0.25) is 0 Å². The normalized spacial score (nSPS) is 18.1. The largest absolute Gasteiger partial charge is 0.316 e. The molecule has 21 heavy (non-hydrogen) atoms. The lowest BCUT2D eigenvalue weighted by Crippen LogP contribution is -2.44. The van der Waals surface area contributed by atoms with Crippen LogP contribution in [0.25, 0.3) is 0 Å². The van der Waals surface area contributed by atoms with E-state index in [-0.39, 0.29) is 0 Å². The number of hydrogen-bond acceptors (Lipinski definition) is 2. The molecule has 2 nitrogen and oxygen atoms in total. The third-order valence-corrected chi connectivity index (χ3v) is 5.10. The predicted molar refractivity (Wildman–Crippen MR) is 94.5 cm³/mol. The zero-order chi connectivity index (χ0) is 15.1. The second-order valence-electron chi connectivity index (χ2n) is 6.64. The minimum absolute atomic E-state index is 0.481. The van der Waals surface area contributed by atoms with Crippen molar-refractivity contribution < 1.29 is 0 Å². The molecule has 0 aliphatic heterocycles. The summed E-state index contributed by atoms with van der Waals surface area (Å²) in [5.74, 6) is 0. The maximum Gasteiger partial charge on any atom is 0.0231 e. The van der Waals surface area contributed by atoms with E-state index in [2.05, 4.69) is 64.4 Å². The fourth-order valence-electron chi connectivity index (χ4n) is 3.66. The fraction of sp³-hybridized carbons (Fsp3) is 0.667. The molecule has 0 atom stereocenters. The van der Waals surface area contributed by atoms with E-state index in [0.29, 0.717) is 5.41 Å². The molecule has 1 aliphatic rings. The van der Waals surface area contributed by atoms with Gasteiger partial charge in [0, 0.05) is 24.1 Å². The molecule has 2 rings (SSSR count). The highest BCUT2D eigenvalue weighted by atomic mass is 79.9. The van der Waals surface area contributed by atoms with Gasteiger partial charge in [-0.15, -0.1) is 0 Å². The summed E-state index contributed by atoms with van der Waals surface area (Å²) in [6, 6.07) is 8.67. The molecule has 0 amide bonds. The Bertz CT molecular complexity index is 427. The van der Waals surface area contributed by atoms with E-state index in [1.807, 2.05) is 0 Å². The molecule has 0 spiro atoms. The first-order valence-corrected chi connectivity index (χ1v) is 9.06. The maximum atomic E-state index is 3.60. The van der Waals surface area contributed by atoms with Crippen LogP contribution >= 0.6 is 15.9 Å². The summed E-state index contributed by atoms with van der Waals surface area (Å²) in [4.78, 5) is 2.50. The van der Waals surface area contributed by atoms with Gasteiger partial charge >= 0.3 is 0 Å². The van der Waals surface area contributed by atoms with Gasteiger partial charge in [0.1, 0.15) is 0 Å². The van der Waals surface area contributed by atoms with Crippen LogP contribution in [-0.2, 0) is 6.54 Å². The van der Waals surface area contributed by atoms with Crippen LogP contribution in [0, 0.1) is 5.41 Å². The number of rotatable bonds is 7. The average Bonchev–Trinajstić information content (AvgIpc) is 2.46. The minimum Gasteiger partial charge on any atom is -0.316 e. The van der Waals surface area contributed by atoms with Crippen molar-refractivity contribution in [1.82, 2.24) is 10.2 Å². The third kappa shape index (κ3) is 5.39. The number of nitrogens with one attached hydrogen (secondary N) is 1. The number of hydrogen-bond donors (Lipinski definition) is 1. The van der Waals surface area contributed by atoms with Gasteiger partial charge in [0.25, 0.3) is 0 Å². The van der Waals surface area contributed by atoms with Crippen LogP contribution in [0.3, 0.4) is 0 Å². The highest BCUT2D eigenvalue weighted by molar-refractivity contribution is 9.10. The van der Waals surface area contributed by atoms with Gasteiger partial charge < -0.3 is 10.2 Å². The highest BCUT2D eigenvalue weighted by Crippen LogP contribution is 2.36. The van der Waals surface area contributed by atoms with Gasteiger partial charge in [-0.1, -0.05) is 54.2 Å². The molecule has 0 bridgehead atoms. The molecular weight excluding hydrogens is 324 g/mol. The van der Waals surface area contributed by atoms with E-state index in [9.17, 15) is 0 Å². The summed E-state index contributed by atoms with van der Waals surface area (Å²) >= 11 is 3.57. The van der Waals surface area contributed by atoms with Crippen LogP contribution in [0.5, 0.6) is 0 Å². The van der Waals surface area contributed by atoms with Gasteiger partial charge in [-0.2, -0.15) is 0 Å². The summed E-state index contributed by atoms with van der Waals surface area (Å²) in [5, 5.41) is 3.60. The van der Waals surface area contributed by atoms with Gasteiger partial charge in [-0.25, -0.2) is 0 Å². The molecule has 3 heteroatoms. The van der Waals surface area contributed by atoms with Gasteiger partial charge in [0.15, 0.2) is 0 Å². The van der Waals surface area contributed by atoms with Crippen molar-refractivity contribution in [3.8, 4) is 0 Å². The van der Waals surface area contributed by atoms with Crippen molar-refractivity contribution in [1.29, 1.82) is 0 Å². The number of benzene rings is 1. The third-order valence-electron chi connectivity index (χ3n) is 4.61. The molecule has 1 aliphatic carbocycles. The first-order chi connectivity index (χ1) is 10.1. The van der Waals surface area contributed by atoms with Crippen molar-refractivity contribution in [2.45, 2.75) is 45.6 Å². The van der Waals surface area contributed by atoms with Crippen LogP contribution in [0.2, 0.25) is 0 Å². The van der Waals surface area contributed by atoms with Crippen LogP contribution < -0.4 is 5.32 Å². The molecule has 1 N–H and O–H groups in total. The lowest BCUT2D eigenvalue weighted by atomic mass is 9.73. The summed E-state index contributed by atoms with van der Waals surface area (Å²) in [6.07, 6.45) is 6.97. The lowest BCUT2D eigenvalue weighted by molar-refractivity contribution is 0.114. The molecular formula is C18H29BrN2. The van der Waals surface area contributed by atoms with Crippen molar-refractivity contribution in [2.75, 3.05) is 26.7 Å². The lowest BCUT2D eigenvalue weighted by Gasteiger charge is -2.40. The van der Waals surface area contributed by atoms with Crippen molar-refractivity contribution >= 4 is 15.9 Å². The van der Waals surface area contributed by atoms with Crippen LogP contribution in [-0.4, -0.2) is 31.6 Å². The van der Waals surface area contributed by atoms with Crippen LogP contribution in [0.15, 0.2) is 28.7 Å². The van der Waals surface area contributed by atoms with Crippen LogP contribution in [0.1, 0.15) is 44.6 Å². The Morgan fingerprint density at radius 3 is 2.67 bits per heavy atom. The van der Waals surface area contributed by atoms with Gasteiger partial charge in [0.2, 0.25) is 0 Å². The summed E-state index contributed by atoms with van der Waals surface area (Å²) < 4.78 is 1.17. The first-order valence-electron chi connectivity index (χ1n) is 8.27. The summed E-state index contributed by atoms with van der Waals surface area (Å²) in [5.41, 5.74) is 1.87. The zero-order valence-electron chi connectivity index (χ0n) is 13.5. The molecule has 1 fully saturated rings. The highest BCUT2D eigenvalue weighted by Gasteiger charge is 2.32. The smallest absolute Gasteiger partial charge is 0.0231 e. The molecule has 0 radical (unpaired) electrons. The Hall–Kier alpha value is -0.380. The molecule has 1 aromatic rings.